The van der Waals surface area contributed by atoms with Gasteiger partial charge in [-0.25, -0.2) is 13.8 Å². The highest BCUT2D eigenvalue weighted by Gasteiger charge is 2.14. The number of hydrogen-bond donors (Lipinski definition) is 1. The molecule has 0 aliphatic carbocycles. The number of carbonyl (C=O) groups excluding carboxylic acids is 1. The van der Waals surface area contributed by atoms with Gasteiger partial charge in [-0.3, -0.25) is 14.2 Å². The van der Waals surface area contributed by atoms with Crippen LogP contribution in [0.15, 0.2) is 65.0 Å². The fraction of sp³-hybridized carbons (Fsp3) is 0.0952. The summed E-state index contributed by atoms with van der Waals surface area (Å²) in [7, 11) is 0. The summed E-state index contributed by atoms with van der Waals surface area (Å²) in [5.41, 5.74) is 1.20. The van der Waals surface area contributed by atoms with Crippen molar-refractivity contribution in [1.82, 2.24) is 9.55 Å². The van der Waals surface area contributed by atoms with Crippen molar-refractivity contribution < 1.29 is 13.6 Å². The van der Waals surface area contributed by atoms with E-state index in [9.17, 15) is 18.4 Å². The summed E-state index contributed by atoms with van der Waals surface area (Å²) in [4.78, 5) is 29.9. The number of halogens is 2. The second-order valence-corrected chi connectivity index (χ2v) is 7.22. The lowest BCUT2D eigenvalue weighted by Crippen LogP contribution is -2.23. The number of benzene rings is 2. The minimum atomic E-state index is -0.525. The molecule has 0 aliphatic rings. The Balaban J connectivity index is 1.57. The molecule has 5 nitrogen and oxygen atoms in total. The van der Waals surface area contributed by atoms with Gasteiger partial charge in [0.05, 0.1) is 17.4 Å². The molecule has 29 heavy (non-hydrogen) atoms. The molecular weight excluding hydrogens is 396 g/mol. The van der Waals surface area contributed by atoms with Crippen molar-refractivity contribution in [1.29, 1.82) is 0 Å². The quantitative estimate of drug-likeness (QED) is 0.528. The average molecular weight is 411 g/mol. The molecule has 0 spiro atoms. The first-order valence-corrected chi connectivity index (χ1v) is 9.68. The number of rotatable bonds is 5. The highest BCUT2D eigenvalue weighted by atomic mass is 32.1. The van der Waals surface area contributed by atoms with Crippen LogP contribution in [0.1, 0.15) is 6.42 Å². The molecule has 2 aromatic carbocycles. The van der Waals surface area contributed by atoms with Gasteiger partial charge in [-0.2, -0.15) is 0 Å². The van der Waals surface area contributed by atoms with E-state index >= 15 is 0 Å². The van der Waals surface area contributed by atoms with Gasteiger partial charge in [0.2, 0.25) is 5.91 Å². The molecule has 4 rings (SSSR count). The summed E-state index contributed by atoms with van der Waals surface area (Å²) in [5.74, 6) is -1.29. The lowest BCUT2D eigenvalue weighted by Gasteiger charge is -2.08. The van der Waals surface area contributed by atoms with Gasteiger partial charge in [0, 0.05) is 23.9 Å². The molecule has 0 atom stereocenters. The number of fused-ring (bicyclic) bond motifs is 1. The second-order valence-electron chi connectivity index (χ2n) is 6.36. The molecule has 0 saturated heterocycles. The largest absolute Gasteiger partial charge is 0.324 e. The van der Waals surface area contributed by atoms with Crippen LogP contribution >= 0.6 is 11.3 Å². The first-order valence-electron chi connectivity index (χ1n) is 8.80. The lowest BCUT2D eigenvalue weighted by atomic mass is 10.1. The van der Waals surface area contributed by atoms with Crippen molar-refractivity contribution >= 4 is 33.1 Å². The van der Waals surface area contributed by atoms with E-state index in [1.54, 1.807) is 18.2 Å². The zero-order valence-corrected chi connectivity index (χ0v) is 15.9. The van der Waals surface area contributed by atoms with Crippen LogP contribution < -0.4 is 10.9 Å². The second kappa shape index (κ2) is 7.92. The van der Waals surface area contributed by atoms with Gasteiger partial charge < -0.3 is 5.32 Å². The summed E-state index contributed by atoms with van der Waals surface area (Å²) in [6.07, 6.45) is 1.38. The number of hydrogen-bond acceptors (Lipinski definition) is 4. The summed E-state index contributed by atoms with van der Waals surface area (Å²) < 4.78 is 28.2. The van der Waals surface area contributed by atoms with Crippen LogP contribution in [0.25, 0.3) is 21.3 Å². The van der Waals surface area contributed by atoms with Crippen LogP contribution in [0, 0.1) is 11.6 Å². The smallest absolute Gasteiger partial charge is 0.262 e. The van der Waals surface area contributed by atoms with Crippen molar-refractivity contribution in [3.8, 4) is 11.1 Å². The van der Waals surface area contributed by atoms with Crippen molar-refractivity contribution in [3.63, 3.8) is 0 Å². The Hall–Kier alpha value is -3.39. The summed E-state index contributed by atoms with van der Waals surface area (Å²) in [6.45, 7) is 0.0980. The Bertz CT molecular complexity index is 1250. The van der Waals surface area contributed by atoms with Crippen molar-refractivity contribution in [2.45, 2.75) is 13.0 Å². The van der Waals surface area contributed by atoms with Crippen molar-refractivity contribution in [2.24, 2.45) is 0 Å². The number of aryl methyl sites for hydroxylation is 1. The Morgan fingerprint density at radius 2 is 1.86 bits per heavy atom. The molecule has 2 heterocycles. The molecule has 8 heteroatoms. The van der Waals surface area contributed by atoms with Gasteiger partial charge in [0.1, 0.15) is 16.5 Å². The van der Waals surface area contributed by atoms with Crippen LogP contribution in [0.2, 0.25) is 0 Å². The SMILES string of the molecule is O=C(CCn1cnc2scc(-c3ccc(F)cc3)c2c1=O)Nc1ccccc1F. The summed E-state index contributed by atoms with van der Waals surface area (Å²) >= 11 is 1.32. The van der Waals surface area contributed by atoms with Crippen LogP contribution in [0.5, 0.6) is 0 Å². The first kappa shape index (κ1) is 18.9. The Morgan fingerprint density at radius 1 is 1.10 bits per heavy atom. The maximum absolute atomic E-state index is 13.6. The molecule has 1 N–H and O–H groups in total. The number of amides is 1. The zero-order valence-electron chi connectivity index (χ0n) is 15.1. The van der Waals surface area contributed by atoms with E-state index in [1.165, 1.54) is 52.6 Å². The Labute approximate surface area is 168 Å². The third-order valence-electron chi connectivity index (χ3n) is 4.44. The van der Waals surface area contributed by atoms with E-state index in [0.717, 1.165) is 0 Å². The minimum absolute atomic E-state index is 0.0164. The van der Waals surface area contributed by atoms with Gasteiger partial charge in [-0.1, -0.05) is 24.3 Å². The van der Waals surface area contributed by atoms with E-state index in [-0.39, 0.29) is 30.0 Å². The van der Waals surface area contributed by atoms with Crippen molar-refractivity contribution in [2.75, 3.05) is 5.32 Å². The van der Waals surface area contributed by atoms with E-state index in [1.807, 2.05) is 5.38 Å². The fourth-order valence-corrected chi connectivity index (χ4v) is 3.87. The molecule has 0 bridgehead atoms. The molecular formula is C21H15F2N3O2S. The molecule has 0 aliphatic heterocycles. The molecule has 4 aromatic rings. The summed E-state index contributed by atoms with van der Waals surface area (Å²) in [6, 6.07) is 11.8. The first-order chi connectivity index (χ1) is 14.0. The zero-order chi connectivity index (χ0) is 20.4. The Morgan fingerprint density at radius 3 is 2.62 bits per heavy atom. The van der Waals surface area contributed by atoms with E-state index in [0.29, 0.717) is 21.3 Å². The number of aromatic nitrogens is 2. The number of nitrogens with one attached hydrogen (secondary N) is 1. The van der Waals surface area contributed by atoms with Gasteiger partial charge in [-0.15, -0.1) is 11.3 Å². The molecule has 2 aromatic heterocycles. The molecule has 0 radical (unpaired) electrons. The number of para-hydroxylation sites is 1. The lowest BCUT2D eigenvalue weighted by molar-refractivity contribution is -0.116. The minimum Gasteiger partial charge on any atom is -0.324 e. The van der Waals surface area contributed by atoms with Crippen LogP contribution in [-0.4, -0.2) is 15.5 Å². The molecule has 0 fully saturated rings. The third-order valence-corrected chi connectivity index (χ3v) is 5.33. The third kappa shape index (κ3) is 3.93. The predicted octanol–water partition coefficient (Wildman–Crippen LogP) is 4.43. The standard InChI is InChI=1S/C21H15F2N3O2S/c22-14-7-5-13(6-8-14)15-11-29-20-19(15)21(28)26(12-24-20)10-9-18(27)25-17-4-2-1-3-16(17)23/h1-8,11-12H,9-10H2,(H,25,27). The van der Waals surface area contributed by atoms with E-state index < -0.39 is 11.7 Å². The molecule has 146 valence electrons. The van der Waals surface area contributed by atoms with Crippen LogP contribution in [0.3, 0.4) is 0 Å². The van der Waals surface area contributed by atoms with Crippen LogP contribution in [0.4, 0.5) is 14.5 Å². The molecule has 1 amide bonds. The van der Waals surface area contributed by atoms with Gasteiger partial charge >= 0.3 is 0 Å². The maximum Gasteiger partial charge on any atom is 0.262 e. The molecule has 0 saturated carbocycles. The fourth-order valence-electron chi connectivity index (χ4n) is 2.97. The monoisotopic (exact) mass is 411 g/mol. The van der Waals surface area contributed by atoms with Gasteiger partial charge in [0.15, 0.2) is 0 Å². The van der Waals surface area contributed by atoms with Gasteiger partial charge in [-0.05, 0) is 29.8 Å². The summed E-state index contributed by atoms with van der Waals surface area (Å²) in [5, 5.41) is 4.73. The highest BCUT2D eigenvalue weighted by Crippen LogP contribution is 2.30. The highest BCUT2D eigenvalue weighted by molar-refractivity contribution is 7.17. The number of thiophene rings is 1. The van der Waals surface area contributed by atoms with Crippen molar-refractivity contribution in [3.05, 3.63) is 82.2 Å². The van der Waals surface area contributed by atoms with Gasteiger partial charge in [0.25, 0.3) is 5.56 Å². The number of nitrogens with zero attached hydrogens (tertiary/aromatic N) is 2. The Kier molecular flexibility index (Phi) is 5.18. The maximum atomic E-state index is 13.6. The van der Waals surface area contributed by atoms with E-state index in [2.05, 4.69) is 10.3 Å². The topological polar surface area (TPSA) is 64.0 Å². The predicted molar refractivity (Wildman–Crippen MR) is 109 cm³/mol. The normalized spacial score (nSPS) is 11.0. The van der Waals surface area contributed by atoms with E-state index in [4.69, 9.17) is 0 Å². The number of carbonyl (C=O) groups is 1. The average Bonchev–Trinajstić information content (AvgIpc) is 3.15. The number of anilines is 1. The van der Waals surface area contributed by atoms with Crippen LogP contribution in [-0.2, 0) is 11.3 Å². The molecule has 0 unspecified atom stereocenters.